The quantitative estimate of drug-likeness (QED) is 0.389. The highest BCUT2D eigenvalue weighted by molar-refractivity contribution is 6.10. The molecule has 0 fully saturated rings. The number of urea groups is 1. The van der Waals surface area contributed by atoms with E-state index in [1.54, 1.807) is 48.5 Å². The normalized spacial score (nSPS) is 14.1. The summed E-state index contributed by atoms with van der Waals surface area (Å²) in [6, 6.07) is 22.0. The van der Waals surface area contributed by atoms with Crippen LogP contribution in [0.1, 0.15) is 11.1 Å². The lowest BCUT2D eigenvalue weighted by atomic mass is 10.0. The Hall–Kier alpha value is -4.66. The van der Waals surface area contributed by atoms with E-state index in [9.17, 15) is 24.3 Å². The number of hydrogen-bond donors (Lipinski definition) is 4. The molecule has 3 aromatic rings. The zero-order chi connectivity index (χ0) is 25.5. The summed E-state index contributed by atoms with van der Waals surface area (Å²) in [6.45, 7) is -0.214. The van der Waals surface area contributed by atoms with Crippen LogP contribution in [-0.2, 0) is 27.2 Å². The molecule has 0 saturated carbocycles. The number of carbonyl (C=O) groups excluding carboxylic acids is 3. The van der Waals surface area contributed by atoms with E-state index in [0.717, 1.165) is 11.1 Å². The van der Waals surface area contributed by atoms with Crippen molar-refractivity contribution in [3.8, 4) is 0 Å². The van der Waals surface area contributed by atoms with Crippen LogP contribution in [0.15, 0.2) is 84.9 Å². The minimum absolute atomic E-state index is 0.0909. The number of aliphatic carboxylic acids is 1. The summed E-state index contributed by atoms with van der Waals surface area (Å²) in [5.74, 6) is -2.18. The molecule has 1 aliphatic heterocycles. The minimum Gasteiger partial charge on any atom is -0.480 e. The molecule has 0 aliphatic carbocycles. The molecular formula is C27H26N4O5. The van der Waals surface area contributed by atoms with Crippen LogP contribution in [0.5, 0.6) is 0 Å². The Morgan fingerprint density at radius 1 is 0.806 bits per heavy atom. The zero-order valence-corrected chi connectivity index (χ0v) is 19.4. The van der Waals surface area contributed by atoms with Crippen molar-refractivity contribution in [2.24, 2.45) is 0 Å². The third kappa shape index (κ3) is 6.06. The van der Waals surface area contributed by atoms with E-state index in [2.05, 4.69) is 16.0 Å². The summed E-state index contributed by atoms with van der Waals surface area (Å²) in [7, 11) is 0. The Morgan fingerprint density at radius 2 is 1.36 bits per heavy atom. The Labute approximate surface area is 208 Å². The molecule has 184 valence electrons. The fourth-order valence-corrected chi connectivity index (χ4v) is 4.02. The first kappa shape index (κ1) is 24.5. The van der Waals surface area contributed by atoms with Crippen LogP contribution in [0, 0.1) is 0 Å². The molecule has 9 heteroatoms. The number of anilines is 2. The number of hydrogen-bond acceptors (Lipinski definition) is 4. The second-order valence-corrected chi connectivity index (χ2v) is 8.43. The van der Waals surface area contributed by atoms with Gasteiger partial charge in [-0.1, -0.05) is 72.8 Å². The molecule has 4 amide bonds. The maximum atomic E-state index is 13.3. The van der Waals surface area contributed by atoms with Gasteiger partial charge >= 0.3 is 12.0 Å². The van der Waals surface area contributed by atoms with Gasteiger partial charge in [-0.25, -0.2) is 9.59 Å². The highest BCUT2D eigenvalue weighted by atomic mass is 16.4. The lowest BCUT2D eigenvalue weighted by molar-refractivity contribution is -0.142. The van der Waals surface area contributed by atoms with Crippen LogP contribution in [0.25, 0.3) is 0 Å². The number of carbonyl (C=O) groups is 4. The van der Waals surface area contributed by atoms with Crippen LogP contribution in [-0.4, -0.2) is 47.5 Å². The molecule has 1 aliphatic rings. The molecule has 0 bridgehead atoms. The molecule has 4 rings (SSSR count). The van der Waals surface area contributed by atoms with Gasteiger partial charge in [0, 0.05) is 12.8 Å². The summed E-state index contributed by atoms with van der Waals surface area (Å²) in [6.07, 6.45) is 0.228. The van der Waals surface area contributed by atoms with Crippen LogP contribution in [0.3, 0.4) is 0 Å². The number of carboxylic acids is 1. The Bertz CT molecular complexity index is 1250. The number of fused-ring (bicyclic) bond motifs is 1. The monoisotopic (exact) mass is 486 g/mol. The fourth-order valence-electron chi connectivity index (χ4n) is 4.02. The van der Waals surface area contributed by atoms with Crippen LogP contribution < -0.4 is 20.9 Å². The molecule has 3 aromatic carbocycles. The molecule has 4 N–H and O–H groups in total. The molecule has 0 unspecified atom stereocenters. The predicted molar refractivity (Wildman–Crippen MR) is 135 cm³/mol. The van der Waals surface area contributed by atoms with Crippen molar-refractivity contribution in [3.05, 3.63) is 96.1 Å². The van der Waals surface area contributed by atoms with E-state index in [1.165, 1.54) is 4.90 Å². The third-order valence-corrected chi connectivity index (χ3v) is 5.81. The van der Waals surface area contributed by atoms with E-state index in [0.29, 0.717) is 11.4 Å². The van der Waals surface area contributed by atoms with Crippen molar-refractivity contribution in [2.45, 2.75) is 24.9 Å². The summed E-state index contributed by atoms with van der Waals surface area (Å²) in [5, 5.41) is 17.7. The van der Waals surface area contributed by atoms with Crippen molar-refractivity contribution in [1.29, 1.82) is 0 Å². The molecule has 1 heterocycles. The van der Waals surface area contributed by atoms with Gasteiger partial charge in [-0.05, 0) is 23.3 Å². The molecule has 0 aromatic heterocycles. The standard InChI is InChI=1S/C27H26N4O5/c32-24-17-31(23-14-8-7-13-20(23)28-24)27(36)30-21(15-18-9-3-1-4-10-18)25(33)29-22(26(34)35)16-19-11-5-2-6-12-19/h1-14,21-22H,15-17H2,(H,28,32)(H,29,33)(H,30,36)(H,34,35)/t21-,22+/m0/s1. The van der Waals surface area contributed by atoms with Crippen molar-refractivity contribution in [1.82, 2.24) is 10.6 Å². The first-order chi connectivity index (χ1) is 17.4. The lowest BCUT2D eigenvalue weighted by Crippen LogP contribution is -2.56. The van der Waals surface area contributed by atoms with Gasteiger partial charge in [-0.3, -0.25) is 14.5 Å². The highest BCUT2D eigenvalue weighted by Crippen LogP contribution is 2.28. The Morgan fingerprint density at radius 3 is 1.97 bits per heavy atom. The van der Waals surface area contributed by atoms with E-state index >= 15 is 0 Å². The number of carboxylic acid groups (broad SMARTS) is 1. The molecule has 2 atom stereocenters. The van der Waals surface area contributed by atoms with Gasteiger partial charge in [0.2, 0.25) is 11.8 Å². The Kier molecular flexibility index (Phi) is 7.60. The van der Waals surface area contributed by atoms with Gasteiger partial charge in [0.15, 0.2) is 0 Å². The number of amides is 4. The van der Waals surface area contributed by atoms with Crippen molar-refractivity contribution < 1.29 is 24.3 Å². The summed E-state index contributed by atoms with van der Waals surface area (Å²) >= 11 is 0. The van der Waals surface area contributed by atoms with E-state index in [4.69, 9.17) is 0 Å². The Balaban J connectivity index is 1.54. The molecule has 36 heavy (non-hydrogen) atoms. The second kappa shape index (κ2) is 11.2. The van der Waals surface area contributed by atoms with Gasteiger partial charge in [0.05, 0.1) is 11.4 Å². The largest absolute Gasteiger partial charge is 0.480 e. The predicted octanol–water partition coefficient (Wildman–Crippen LogP) is 2.58. The lowest BCUT2D eigenvalue weighted by Gasteiger charge is -2.31. The van der Waals surface area contributed by atoms with E-state index in [1.807, 2.05) is 36.4 Å². The first-order valence-corrected chi connectivity index (χ1v) is 11.5. The van der Waals surface area contributed by atoms with Gasteiger partial charge < -0.3 is 21.1 Å². The number of nitrogens with zero attached hydrogens (tertiary/aromatic N) is 1. The van der Waals surface area contributed by atoms with Crippen LogP contribution in [0.4, 0.5) is 16.2 Å². The zero-order valence-electron chi connectivity index (χ0n) is 19.4. The summed E-state index contributed by atoms with van der Waals surface area (Å²) in [4.78, 5) is 51.9. The minimum atomic E-state index is -1.18. The highest BCUT2D eigenvalue weighted by Gasteiger charge is 2.31. The van der Waals surface area contributed by atoms with Gasteiger partial charge in [0.25, 0.3) is 0 Å². The molecular weight excluding hydrogens is 460 g/mol. The van der Waals surface area contributed by atoms with Crippen molar-refractivity contribution in [3.63, 3.8) is 0 Å². The van der Waals surface area contributed by atoms with Crippen LogP contribution >= 0.6 is 0 Å². The van der Waals surface area contributed by atoms with Gasteiger partial charge in [0.1, 0.15) is 18.6 Å². The molecule has 0 saturated heterocycles. The van der Waals surface area contributed by atoms with Crippen molar-refractivity contribution >= 4 is 35.2 Å². The number of rotatable bonds is 8. The topological polar surface area (TPSA) is 128 Å². The smallest absolute Gasteiger partial charge is 0.326 e. The fraction of sp³-hybridized carbons (Fsp3) is 0.185. The van der Waals surface area contributed by atoms with Gasteiger partial charge in [-0.2, -0.15) is 0 Å². The first-order valence-electron chi connectivity index (χ1n) is 11.5. The van der Waals surface area contributed by atoms with Gasteiger partial charge in [-0.15, -0.1) is 0 Å². The molecule has 0 radical (unpaired) electrons. The maximum Gasteiger partial charge on any atom is 0.326 e. The van der Waals surface area contributed by atoms with Crippen LogP contribution in [0.2, 0.25) is 0 Å². The SMILES string of the molecule is O=C1CN(C(=O)N[C@@H](Cc2ccccc2)C(=O)N[C@H](Cc2ccccc2)C(=O)O)c2ccccc2N1. The summed E-state index contributed by atoms with van der Waals surface area (Å²) < 4.78 is 0. The average Bonchev–Trinajstić information content (AvgIpc) is 2.88. The third-order valence-electron chi connectivity index (χ3n) is 5.81. The van der Waals surface area contributed by atoms with Crippen molar-refractivity contribution in [2.75, 3.05) is 16.8 Å². The molecule has 0 spiro atoms. The van der Waals surface area contributed by atoms with E-state index < -0.39 is 30.0 Å². The average molecular weight is 487 g/mol. The summed E-state index contributed by atoms with van der Waals surface area (Å²) in [5.41, 5.74) is 2.53. The maximum absolute atomic E-state index is 13.3. The van der Waals surface area contributed by atoms with E-state index in [-0.39, 0.29) is 25.3 Å². The molecule has 9 nitrogen and oxygen atoms in total. The number of para-hydroxylation sites is 2. The number of benzene rings is 3. The second-order valence-electron chi connectivity index (χ2n) is 8.43. The number of nitrogens with one attached hydrogen (secondary N) is 3.